The predicted octanol–water partition coefficient (Wildman–Crippen LogP) is 0.846. The van der Waals surface area contributed by atoms with Crippen LogP contribution in [0.3, 0.4) is 0 Å². The molecule has 4 heteroatoms. The summed E-state index contributed by atoms with van der Waals surface area (Å²) in [7, 11) is 0. The Hall–Kier alpha value is -0.280. The molecule has 2 aliphatic rings. The lowest BCUT2D eigenvalue weighted by Gasteiger charge is -2.25. The predicted molar refractivity (Wildman–Crippen MR) is 54.2 cm³/mol. The molecule has 3 nitrogen and oxygen atoms in total. The Morgan fingerprint density at radius 1 is 1.64 bits per heavy atom. The van der Waals surface area contributed by atoms with Gasteiger partial charge in [-0.3, -0.25) is 4.79 Å². The number of amides is 1. The largest absolute Gasteiger partial charge is 0.396 e. The third-order valence-electron chi connectivity index (χ3n) is 3.82. The lowest BCUT2D eigenvalue weighted by Crippen LogP contribution is -2.34. The number of aliphatic hydroxyl groups is 1. The maximum atomic E-state index is 11.4. The Bertz CT molecular complexity index is 246. The van der Waals surface area contributed by atoms with E-state index in [-0.39, 0.29) is 23.8 Å². The van der Waals surface area contributed by atoms with Crippen LogP contribution in [-0.2, 0) is 4.79 Å². The molecule has 1 saturated carbocycles. The number of halogens is 1. The topological polar surface area (TPSA) is 40.5 Å². The summed E-state index contributed by atoms with van der Waals surface area (Å²) in [6, 6.07) is 0. The van der Waals surface area contributed by atoms with Crippen LogP contribution in [0.25, 0.3) is 0 Å². The smallest absolute Gasteiger partial charge is 0.237 e. The quantitative estimate of drug-likeness (QED) is 0.697. The molecule has 1 heterocycles. The molecule has 1 amide bonds. The molecule has 0 bridgehead atoms. The van der Waals surface area contributed by atoms with Gasteiger partial charge in [0.15, 0.2) is 0 Å². The molecule has 2 atom stereocenters. The summed E-state index contributed by atoms with van der Waals surface area (Å²) in [5.74, 6) is 0.572. The van der Waals surface area contributed by atoms with Gasteiger partial charge >= 0.3 is 0 Å². The average molecular weight is 218 g/mol. The SMILES string of the molecule is O=C(CCl)N1CC2CCCC2(CO)C1. The van der Waals surface area contributed by atoms with Gasteiger partial charge in [-0.15, -0.1) is 11.6 Å². The van der Waals surface area contributed by atoms with E-state index < -0.39 is 0 Å². The fourth-order valence-electron chi connectivity index (χ4n) is 2.95. The summed E-state index contributed by atoms with van der Waals surface area (Å²) in [4.78, 5) is 13.2. The van der Waals surface area contributed by atoms with Gasteiger partial charge in [-0.25, -0.2) is 0 Å². The first kappa shape index (κ1) is 10.2. The van der Waals surface area contributed by atoms with E-state index in [4.69, 9.17) is 11.6 Å². The van der Waals surface area contributed by atoms with Gasteiger partial charge in [0.2, 0.25) is 5.91 Å². The summed E-state index contributed by atoms with van der Waals surface area (Å²) < 4.78 is 0. The average Bonchev–Trinajstić information content (AvgIpc) is 2.72. The Labute approximate surface area is 89.0 Å². The minimum absolute atomic E-state index is 0.00171. The Balaban J connectivity index is 2.08. The number of aliphatic hydroxyl groups excluding tert-OH is 1. The summed E-state index contributed by atoms with van der Waals surface area (Å²) >= 11 is 5.52. The first-order valence-electron chi connectivity index (χ1n) is 5.16. The molecule has 2 fully saturated rings. The van der Waals surface area contributed by atoms with Crippen molar-refractivity contribution in [2.45, 2.75) is 19.3 Å². The second-order valence-corrected chi connectivity index (χ2v) is 4.78. The second kappa shape index (κ2) is 3.70. The molecule has 0 aromatic heterocycles. The van der Waals surface area contributed by atoms with Gasteiger partial charge in [-0.05, 0) is 18.8 Å². The molecule has 1 N–H and O–H groups in total. The molecule has 2 rings (SSSR count). The number of rotatable bonds is 2. The molecule has 1 aliphatic carbocycles. The first-order valence-corrected chi connectivity index (χ1v) is 5.70. The van der Waals surface area contributed by atoms with E-state index in [1.54, 1.807) is 0 Å². The highest BCUT2D eigenvalue weighted by atomic mass is 35.5. The van der Waals surface area contributed by atoms with Gasteiger partial charge < -0.3 is 10.0 Å². The monoisotopic (exact) mass is 217 g/mol. The zero-order chi connectivity index (χ0) is 10.2. The lowest BCUT2D eigenvalue weighted by atomic mass is 9.82. The normalized spacial score (nSPS) is 36.1. The Morgan fingerprint density at radius 2 is 2.43 bits per heavy atom. The van der Waals surface area contributed by atoms with Gasteiger partial charge in [0, 0.05) is 18.5 Å². The summed E-state index contributed by atoms with van der Waals surface area (Å²) in [6.07, 6.45) is 3.39. The maximum absolute atomic E-state index is 11.4. The number of nitrogens with zero attached hydrogens (tertiary/aromatic N) is 1. The second-order valence-electron chi connectivity index (χ2n) is 4.52. The molecule has 1 saturated heterocycles. The van der Waals surface area contributed by atoms with Crippen molar-refractivity contribution in [3.05, 3.63) is 0 Å². The van der Waals surface area contributed by atoms with E-state index >= 15 is 0 Å². The van der Waals surface area contributed by atoms with Gasteiger partial charge in [-0.2, -0.15) is 0 Å². The molecule has 14 heavy (non-hydrogen) atoms. The van der Waals surface area contributed by atoms with Crippen LogP contribution in [-0.4, -0.2) is 41.5 Å². The van der Waals surface area contributed by atoms with Gasteiger partial charge in [0.05, 0.1) is 6.61 Å². The zero-order valence-electron chi connectivity index (χ0n) is 8.21. The first-order chi connectivity index (χ1) is 6.72. The molecule has 0 aromatic rings. The van der Waals surface area contributed by atoms with E-state index in [9.17, 15) is 9.90 Å². The molecule has 0 aromatic carbocycles. The standard InChI is InChI=1S/C10H16ClNO2/c11-4-9(14)12-5-8-2-1-3-10(8,6-12)7-13/h8,13H,1-7H2. The van der Waals surface area contributed by atoms with Gasteiger partial charge in [0.1, 0.15) is 5.88 Å². The minimum Gasteiger partial charge on any atom is -0.396 e. The molecule has 0 spiro atoms. The van der Waals surface area contributed by atoms with Crippen LogP contribution in [0.2, 0.25) is 0 Å². The lowest BCUT2D eigenvalue weighted by molar-refractivity contribution is -0.128. The van der Waals surface area contributed by atoms with Crippen LogP contribution in [0.5, 0.6) is 0 Å². The Kier molecular flexibility index (Phi) is 2.71. The van der Waals surface area contributed by atoms with Crippen LogP contribution in [0.15, 0.2) is 0 Å². The molecule has 1 aliphatic heterocycles. The van der Waals surface area contributed by atoms with Crippen molar-refractivity contribution >= 4 is 17.5 Å². The third kappa shape index (κ3) is 1.43. The van der Waals surface area contributed by atoms with E-state index in [1.165, 1.54) is 6.42 Å². The number of carbonyl (C=O) groups is 1. The highest BCUT2D eigenvalue weighted by Crippen LogP contribution is 2.48. The molecular formula is C10H16ClNO2. The van der Waals surface area contributed by atoms with Crippen molar-refractivity contribution in [1.29, 1.82) is 0 Å². The molecular weight excluding hydrogens is 202 g/mol. The fourth-order valence-corrected chi connectivity index (χ4v) is 3.12. The van der Waals surface area contributed by atoms with E-state index in [1.807, 2.05) is 4.90 Å². The number of likely N-dealkylation sites (tertiary alicyclic amines) is 1. The third-order valence-corrected chi connectivity index (χ3v) is 4.05. The number of hydrogen-bond acceptors (Lipinski definition) is 2. The zero-order valence-corrected chi connectivity index (χ0v) is 8.96. The van der Waals surface area contributed by atoms with Gasteiger partial charge in [0.25, 0.3) is 0 Å². The molecule has 0 radical (unpaired) electrons. The summed E-state index contributed by atoms with van der Waals surface area (Å²) in [5, 5.41) is 9.43. The summed E-state index contributed by atoms with van der Waals surface area (Å²) in [5.41, 5.74) is 0.00171. The minimum atomic E-state index is 0.00171. The number of hydrogen-bond donors (Lipinski definition) is 1. The molecule has 2 unspecified atom stereocenters. The van der Waals surface area contributed by atoms with Crippen molar-refractivity contribution in [1.82, 2.24) is 4.90 Å². The van der Waals surface area contributed by atoms with E-state index in [2.05, 4.69) is 0 Å². The number of carbonyl (C=O) groups excluding carboxylic acids is 1. The Morgan fingerprint density at radius 3 is 3.00 bits per heavy atom. The highest BCUT2D eigenvalue weighted by Gasteiger charge is 2.49. The number of alkyl halides is 1. The van der Waals surface area contributed by atoms with Crippen molar-refractivity contribution < 1.29 is 9.90 Å². The van der Waals surface area contributed by atoms with Crippen LogP contribution in [0.4, 0.5) is 0 Å². The highest BCUT2D eigenvalue weighted by molar-refractivity contribution is 6.27. The van der Waals surface area contributed by atoms with E-state index in [0.717, 1.165) is 19.4 Å². The van der Waals surface area contributed by atoms with E-state index in [0.29, 0.717) is 12.5 Å². The van der Waals surface area contributed by atoms with Crippen LogP contribution >= 0.6 is 11.6 Å². The van der Waals surface area contributed by atoms with Crippen LogP contribution in [0, 0.1) is 11.3 Å². The van der Waals surface area contributed by atoms with Gasteiger partial charge in [-0.1, -0.05) is 6.42 Å². The van der Waals surface area contributed by atoms with Crippen LogP contribution in [0.1, 0.15) is 19.3 Å². The van der Waals surface area contributed by atoms with Crippen molar-refractivity contribution in [2.75, 3.05) is 25.6 Å². The fraction of sp³-hybridized carbons (Fsp3) is 0.900. The maximum Gasteiger partial charge on any atom is 0.237 e. The number of fused-ring (bicyclic) bond motifs is 1. The summed E-state index contributed by atoms with van der Waals surface area (Å²) in [6.45, 7) is 1.72. The molecule has 80 valence electrons. The van der Waals surface area contributed by atoms with Crippen molar-refractivity contribution in [2.24, 2.45) is 11.3 Å². The van der Waals surface area contributed by atoms with Crippen LogP contribution < -0.4 is 0 Å². The van der Waals surface area contributed by atoms with Crippen molar-refractivity contribution in [3.63, 3.8) is 0 Å². The van der Waals surface area contributed by atoms with Crippen molar-refractivity contribution in [3.8, 4) is 0 Å².